The molecule has 2 aromatic rings. The van der Waals surface area contributed by atoms with E-state index < -0.39 is 0 Å². The molecule has 0 spiro atoms. The number of hydrogen-bond acceptors (Lipinski definition) is 4. The van der Waals surface area contributed by atoms with Gasteiger partial charge in [0.05, 0.1) is 0 Å². The van der Waals surface area contributed by atoms with Crippen LogP contribution in [0.3, 0.4) is 0 Å². The summed E-state index contributed by atoms with van der Waals surface area (Å²) in [5, 5.41) is 6.11. The third-order valence-electron chi connectivity index (χ3n) is 3.67. The zero-order valence-corrected chi connectivity index (χ0v) is 11.5. The van der Waals surface area contributed by atoms with E-state index in [0.29, 0.717) is 6.54 Å². The Morgan fingerprint density at radius 1 is 1.29 bits per heavy atom. The van der Waals surface area contributed by atoms with E-state index >= 15 is 0 Å². The molecule has 1 aliphatic rings. The SMILES string of the molecule is NC1CCCN(C(=O)c2ccc(=O)[nH]n2)c2ccccc21. The summed E-state index contributed by atoms with van der Waals surface area (Å²) in [4.78, 5) is 25.4. The third kappa shape index (κ3) is 2.57. The van der Waals surface area contributed by atoms with Crippen LogP contribution in [0.15, 0.2) is 41.2 Å². The number of amides is 1. The Hall–Kier alpha value is -2.47. The smallest absolute Gasteiger partial charge is 0.278 e. The Kier molecular flexibility index (Phi) is 3.53. The van der Waals surface area contributed by atoms with E-state index in [4.69, 9.17) is 5.73 Å². The number of hydrogen-bond donors (Lipinski definition) is 2. The standard InChI is InChI=1S/C15H16N4O2/c16-11-5-3-9-19(13-6-2-1-4-10(11)13)15(21)12-7-8-14(20)18-17-12/h1-2,4,6-8,11H,3,5,9,16H2,(H,18,20). The van der Waals surface area contributed by atoms with Gasteiger partial charge in [0.25, 0.3) is 11.5 Å². The van der Waals surface area contributed by atoms with E-state index in [1.165, 1.54) is 12.1 Å². The average molecular weight is 284 g/mol. The lowest BCUT2D eigenvalue weighted by Gasteiger charge is -2.22. The summed E-state index contributed by atoms with van der Waals surface area (Å²) in [6.07, 6.45) is 1.66. The largest absolute Gasteiger partial charge is 0.324 e. The van der Waals surface area contributed by atoms with Crippen molar-refractivity contribution in [2.75, 3.05) is 11.4 Å². The van der Waals surface area contributed by atoms with Crippen LogP contribution >= 0.6 is 0 Å². The highest BCUT2D eigenvalue weighted by Crippen LogP contribution is 2.31. The first kappa shape index (κ1) is 13.5. The van der Waals surface area contributed by atoms with Crippen molar-refractivity contribution in [1.29, 1.82) is 0 Å². The molecule has 0 saturated carbocycles. The maximum atomic E-state index is 12.6. The van der Waals surface area contributed by atoms with Gasteiger partial charge in [-0.2, -0.15) is 5.10 Å². The van der Waals surface area contributed by atoms with E-state index in [-0.39, 0.29) is 23.2 Å². The minimum absolute atomic E-state index is 0.0671. The topological polar surface area (TPSA) is 92.1 Å². The van der Waals surface area contributed by atoms with Crippen LogP contribution in [0.1, 0.15) is 34.9 Å². The molecule has 2 heterocycles. The molecule has 1 atom stereocenters. The number of aromatic nitrogens is 2. The molecule has 1 aromatic carbocycles. The first-order valence-corrected chi connectivity index (χ1v) is 6.89. The molecule has 3 N–H and O–H groups in total. The molecule has 1 unspecified atom stereocenters. The molecule has 6 nitrogen and oxygen atoms in total. The first-order chi connectivity index (χ1) is 10.2. The number of H-pyrrole nitrogens is 1. The van der Waals surface area contributed by atoms with Crippen molar-refractivity contribution in [2.45, 2.75) is 18.9 Å². The number of fused-ring (bicyclic) bond motifs is 1. The van der Waals surface area contributed by atoms with Crippen LogP contribution < -0.4 is 16.2 Å². The molecular formula is C15H16N4O2. The summed E-state index contributed by atoms with van der Waals surface area (Å²) in [5.74, 6) is -0.229. The van der Waals surface area contributed by atoms with E-state index in [2.05, 4.69) is 10.2 Å². The van der Waals surface area contributed by atoms with Crippen LogP contribution in [0.4, 0.5) is 5.69 Å². The summed E-state index contributed by atoms with van der Waals surface area (Å²) in [5.41, 5.74) is 7.84. The van der Waals surface area contributed by atoms with Gasteiger partial charge in [-0.1, -0.05) is 18.2 Å². The Balaban J connectivity index is 2.01. The van der Waals surface area contributed by atoms with Crippen LogP contribution in [0.25, 0.3) is 0 Å². The number of nitrogens with two attached hydrogens (primary N) is 1. The Bertz CT molecular complexity index is 705. The highest BCUT2D eigenvalue weighted by Gasteiger charge is 2.25. The number of carbonyl (C=O) groups excluding carboxylic acids is 1. The van der Waals surface area contributed by atoms with Crippen molar-refractivity contribution in [3.63, 3.8) is 0 Å². The zero-order chi connectivity index (χ0) is 14.8. The number of nitrogens with zero attached hydrogens (tertiary/aromatic N) is 2. The lowest BCUT2D eigenvalue weighted by atomic mass is 10.0. The van der Waals surface area contributed by atoms with Crippen LogP contribution in [0.5, 0.6) is 0 Å². The molecule has 108 valence electrons. The Morgan fingerprint density at radius 3 is 2.86 bits per heavy atom. The average Bonchev–Trinajstić information content (AvgIpc) is 2.67. The summed E-state index contributed by atoms with van der Waals surface area (Å²) < 4.78 is 0. The Labute approximate surface area is 121 Å². The maximum Gasteiger partial charge on any atom is 0.278 e. The number of para-hydroxylation sites is 1. The summed E-state index contributed by atoms with van der Waals surface area (Å²) in [7, 11) is 0. The first-order valence-electron chi connectivity index (χ1n) is 6.89. The molecule has 0 radical (unpaired) electrons. The number of aromatic amines is 1. The lowest BCUT2D eigenvalue weighted by molar-refractivity contribution is 0.0981. The predicted molar refractivity (Wildman–Crippen MR) is 79.1 cm³/mol. The van der Waals surface area contributed by atoms with Gasteiger partial charge in [-0.25, -0.2) is 5.10 Å². The van der Waals surface area contributed by atoms with Gasteiger partial charge in [0.2, 0.25) is 0 Å². The lowest BCUT2D eigenvalue weighted by Crippen LogP contribution is -2.33. The second-order valence-corrected chi connectivity index (χ2v) is 5.07. The van der Waals surface area contributed by atoms with Crippen LogP contribution in [0, 0.1) is 0 Å². The Morgan fingerprint density at radius 2 is 2.10 bits per heavy atom. The summed E-state index contributed by atoms with van der Waals surface area (Å²) >= 11 is 0. The van der Waals surface area contributed by atoms with Gasteiger partial charge in [-0.3, -0.25) is 9.59 Å². The fourth-order valence-corrected chi connectivity index (χ4v) is 2.60. The van der Waals surface area contributed by atoms with Gasteiger partial charge >= 0.3 is 0 Å². The van der Waals surface area contributed by atoms with Gasteiger partial charge in [0, 0.05) is 24.3 Å². The van der Waals surface area contributed by atoms with Crippen molar-refractivity contribution in [1.82, 2.24) is 10.2 Å². The van der Waals surface area contributed by atoms with Gasteiger partial charge in [-0.05, 0) is 30.5 Å². The third-order valence-corrected chi connectivity index (χ3v) is 3.67. The molecule has 0 saturated heterocycles. The zero-order valence-electron chi connectivity index (χ0n) is 11.5. The predicted octanol–water partition coefficient (Wildman–Crippen LogP) is 1.21. The van der Waals surface area contributed by atoms with Gasteiger partial charge < -0.3 is 10.6 Å². The highest BCUT2D eigenvalue weighted by molar-refractivity contribution is 6.05. The molecule has 0 bridgehead atoms. The monoisotopic (exact) mass is 284 g/mol. The molecule has 3 rings (SSSR count). The minimum Gasteiger partial charge on any atom is -0.324 e. The minimum atomic E-state index is -0.329. The fourth-order valence-electron chi connectivity index (χ4n) is 2.60. The number of benzene rings is 1. The molecule has 1 aromatic heterocycles. The normalized spacial score (nSPS) is 18.0. The summed E-state index contributed by atoms with van der Waals surface area (Å²) in [6.45, 7) is 0.588. The van der Waals surface area contributed by atoms with Crippen molar-refractivity contribution in [3.05, 3.63) is 58.0 Å². The van der Waals surface area contributed by atoms with E-state index in [1.54, 1.807) is 4.90 Å². The summed E-state index contributed by atoms with van der Waals surface area (Å²) in [6, 6.07) is 10.3. The highest BCUT2D eigenvalue weighted by atomic mass is 16.2. The van der Waals surface area contributed by atoms with Crippen molar-refractivity contribution in [2.24, 2.45) is 5.73 Å². The number of carbonyl (C=O) groups is 1. The van der Waals surface area contributed by atoms with E-state index in [1.807, 2.05) is 24.3 Å². The van der Waals surface area contributed by atoms with Crippen LogP contribution in [-0.4, -0.2) is 22.6 Å². The molecule has 1 amide bonds. The van der Waals surface area contributed by atoms with Crippen molar-refractivity contribution in [3.8, 4) is 0 Å². The van der Waals surface area contributed by atoms with E-state index in [0.717, 1.165) is 24.1 Å². The molecule has 0 aliphatic carbocycles. The number of anilines is 1. The van der Waals surface area contributed by atoms with Gasteiger partial charge in [0.1, 0.15) is 5.69 Å². The molecule has 6 heteroatoms. The van der Waals surface area contributed by atoms with Gasteiger partial charge in [0.15, 0.2) is 0 Å². The van der Waals surface area contributed by atoms with Crippen molar-refractivity contribution < 1.29 is 4.79 Å². The van der Waals surface area contributed by atoms with E-state index in [9.17, 15) is 9.59 Å². The molecule has 0 fully saturated rings. The number of rotatable bonds is 1. The quantitative estimate of drug-likeness (QED) is 0.823. The second kappa shape index (κ2) is 5.49. The van der Waals surface area contributed by atoms with Gasteiger partial charge in [-0.15, -0.1) is 0 Å². The fraction of sp³-hybridized carbons (Fsp3) is 0.267. The molecule has 1 aliphatic heterocycles. The second-order valence-electron chi connectivity index (χ2n) is 5.07. The van der Waals surface area contributed by atoms with Crippen molar-refractivity contribution >= 4 is 11.6 Å². The molecular weight excluding hydrogens is 268 g/mol. The van der Waals surface area contributed by atoms with Crippen LogP contribution in [-0.2, 0) is 0 Å². The number of nitrogens with one attached hydrogen (secondary N) is 1. The van der Waals surface area contributed by atoms with Crippen LogP contribution in [0.2, 0.25) is 0 Å². The molecule has 21 heavy (non-hydrogen) atoms. The maximum absolute atomic E-state index is 12.6.